The molecule has 0 unspecified atom stereocenters. The van der Waals surface area contributed by atoms with Crippen LogP contribution in [0.15, 0.2) is 0 Å². The van der Waals surface area contributed by atoms with Crippen molar-refractivity contribution in [1.82, 2.24) is 0 Å². The molecule has 0 amide bonds. The number of rotatable bonds is 7. The second-order valence-electron chi connectivity index (χ2n) is 3.15. The first-order chi connectivity index (χ1) is 5.74. The third-order valence-corrected chi connectivity index (χ3v) is 2.10. The Labute approximate surface area is 119 Å². The first-order valence-corrected chi connectivity index (χ1v) is 4.21. The molecule has 0 atom stereocenters. The van der Waals surface area contributed by atoms with E-state index in [1.807, 2.05) is 0 Å². The van der Waals surface area contributed by atoms with Crippen LogP contribution < -0.4 is 0 Å². The highest BCUT2D eigenvalue weighted by molar-refractivity contribution is 4.76. The van der Waals surface area contributed by atoms with Gasteiger partial charge in [-0.2, -0.15) is 0 Å². The molecule has 3 nitrogen and oxygen atoms in total. The summed E-state index contributed by atoms with van der Waals surface area (Å²) in [6, 6.07) is 0. The summed E-state index contributed by atoms with van der Waals surface area (Å²) in [4.78, 5) is 0. The molecule has 0 spiro atoms. The Hall–Kier alpha value is -0.120. The second kappa shape index (κ2) is 25.7. The van der Waals surface area contributed by atoms with Gasteiger partial charge >= 0.3 is 0 Å². The molecule has 0 rings (SSSR count). The third kappa shape index (κ3) is 15.9. The van der Waals surface area contributed by atoms with Crippen LogP contribution in [0.1, 0.15) is 57.9 Å². The molecule has 0 aromatic heterocycles. The topological polar surface area (TPSA) is 27.7 Å². The van der Waals surface area contributed by atoms with E-state index in [0.717, 1.165) is 6.42 Å². The summed E-state index contributed by atoms with van der Waals surface area (Å²) in [5.41, 5.74) is 0.0260. The summed E-state index contributed by atoms with van der Waals surface area (Å²) in [7, 11) is 5.11. The Bertz CT molecular complexity index is 88.9. The summed E-state index contributed by atoms with van der Waals surface area (Å²) in [6.07, 6.45) is 1.00. The fourth-order valence-corrected chi connectivity index (χ4v) is 1.35. The first-order valence-electron chi connectivity index (χ1n) is 4.21. The Morgan fingerprint density at radius 2 is 0.833 bits per heavy atom. The molecule has 3 heteroatoms. The van der Waals surface area contributed by atoms with Gasteiger partial charge in [0.15, 0.2) is 0 Å². The van der Waals surface area contributed by atoms with Gasteiger partial charge in [-0.25, -0.2) is 0 Å². The van der Waals surface area contributed by atoms with E-state index in [9.17, 15) is 0 Å². The predicted molar refractivity (Wildman–Crippen MR) is 88.7 cm³/mol. The van der Waals surface area contributed by atoms with E-state index >= 15 is 0 Å². The minimum absolute atomic E-state index is 0. The van der Waals surface area contributed by atoms with Crippen LogP contribution in [-0.4, -0.2) is 41.2 Å². The van der Waals surface area contributed by atoms with Crippen molar-refractivity contribution in [3.63, 3.8) is 0 Å². The van der Waals surface area contributed by atoms with E-state index in [4.69, 9.17) is 14.2 Å². The maximum Gasteiger partial charge on any atom is 0.0562 e. The molecule has 122 valence electrons. The van der Waals surface area contributed by atoms with E-state index in [0.29, 0.717) is 19.8 Å². The van der Waals surface area contributed by atoms with Crippen LogP contribution in [0.5, 0.6) is 0 Å². The maximum absolute atomic E-state index is 5.14. The lowest BCUT2D eigenvalue weighted by Crippen LogP contribution is -2.35. The highest BCUT2D eigenvalue weighted by atomic mass is 16.5. The van der Waals surface area contributed by atoms with Crippen molar-refractivity contribution < 1.29 is 14.2 Å². The smallest absolute Gasteiger partial charge is 0.0562 e. The fraction of sp³-hybridized carbons (Fsp3) is 1.00. The molecule has 0 aromatic rings. The molecule has 0 heterocycles. The second-order valence-corrected chi connectivity index (χ2v) is 3.15. The molecule has 0 saturated heterocycles. The molecule has 0 fully saturated rings. The molecule has 18 heavy (non-hydrogen) atoms. The van der Waals surface area contributed by atoms with Gasteiger partial charge in [-0.1, -0.05) is 51.5 Å². The predicted octanol–water partition coefficient (Wildman–Crippen LogP) is 5.14. The standard InChI is InChI=1S/C9H20O3.6CH4/c1-5-9(6-10-2,7-11-3)8-12-4;;;;;;/h5-8H2,1-4H3;6*1H4. The van der Waals surface area contributed by atoms with Crippen LogP contribution in [0, 0.1) is 5.41 Å². The van der Waals surface area contributed by atoms with Gasteiger partial charge in [-0.05, 0) is 6.42 Å². The average Bonchev–Trinajstić information content (AvgIpc) is 2.06. The zero-order chi connectivity index (χ0) is 9.45. The van der Waals surface area contributed by atoms with Crippen LogP contribution >= 0.6 is 0 Å². The monoisotopic (exact) mass is 272 g/mol. The summed E-state index contributed by atoms with van der Waals surface area (Å²) in [5.74, 6) is 0. The van der Waals surface area contributed by atoms with E-state index in [1.165, 1.54) is 0 Å². The lowest BCUT2D eigenvalue weighted by atomic mass is 9.88. The number of ether oxygens (including phenoxy) is 3. The highest BCUT2D eigenvalue weighted by Crippen LogP contribution is 2.22. The average molecular weight is 273 g/mol. The minimum atomic E-state index is 0. The van der Waals surface area contributed by atoms with Gasteiger partial charge in [0.05, 0.1) is 19.8 Å². The van der Waals surface area contributed by atoms with Gasteiger partial charge < -0.3 is 14.2 Å². The molecule has 0 aliphatic heterocycles. The Balaban J connectivity index is -0.0000000403. The zero-order valence-electron chi connectivity index (χ0n) is 8.55. The lowest BCUT2D eigenvalue weighted by molar-refractivity contribution is -0.0403. The van der Waals surface area contributed by atoms with Crippen molar-refractivity contribution >= 4 is 0 Å². The molecule has 0 bridgehead atoms. The minimum Gasteiger partial charge on any atom is -0.384 e. The molecular formula is C15H44O3. The van der Waals surface area contributed by atoms with E-state index < -0.39 is 0 Å². The normalized spacial score (nSPS) is 8.00. The largest absolute Gasteiger partial charge is 0.384 e. The van der Waals surface area contributed by atoms with E-state index in [1.54, 1.807) is 21.3 Å². The SMILES string of the molecule is C.C.C.C.C.C.CCC(COC)(COC)COC. The molecule has 0 N–H and O–H groups in total. The molecule has 0 saturated carbocycles. The van der Waals surface area contributed by atoms with Crippen molar-refractivity contribution in [3.05, 3.63) is 0 Å². The Morgan fingerprint density at radius 3 is 0.944 bits per heavy atom. The van der Waals surface area contributed by atoms with Gasteiger partial charge in [0.1, 0.15) is 0 Å². The summed E-state index contributed by atoms with van der Waals surface area (Å²) >= 11 is 0. The van der Waals surface area contributed by atoms with Crippen LogP contribution in [0.3, 0.4) is 0 Å². The van der Waals surface area contributed by atoms with Gasteiger partial charge in [0.2, 0.25) is 0 Å². The van der Waals surface area contributed by atoms with Gasteiger partial charge in [0.25, 0.3) is 0 Å². The molecule has 0 aromatic carbocycles. The van der Waals surface area contributed by atoms with Crippen molar-refractivity contribution in [2.45, 2.75) is 57.9 Å². The number of hydrogen-bond donors (Lipinski definition) is 0. The maximum atomic E-state index is 5.14. The number of hydrogen-bond acceptors (Lipinski definition) is 3. The molecule has 0 aliphatic carbocycles. The Kier molecular flexibility index (Phi) is 61.4. The quantitative estimate of drug-likeness (QED) is 0.642. The number of methoxy groups -OCH3 is 3. The van der Waals surface area contributed by atoms with Crippen LogP contribution in [-0.2, 0) is 14.2 Å². The zero-order valence-corrected chi connectivity index (χ0v) is 8.55. The van der Waals surface area contributed by atoms with Gasteiger partial charge in [-0.15, -0.1) is 0 Å². The molecule has 0 aliphatic rings. The highest BCUT2D eigenvalue weighted by Gasteiger charge is 2.28. The van der Waals surface area contributed by atoms with Crippen LogP contribution in [0.4, 0.5) is 0 Å². The third-order valence-electron chi connectivity index (χ3n) is 2.10. The summed E-state index contributed by atoms with van der Waals surface area (Å²) in [5, 5.41) is 0. The van der Waals surface area contributed by atoms with Crippen molar-refractivity contribution in [2.75, 3.05) is 41.2 Å². The van der Waals surface area contributed by atoms with Gasteiger partial charge in [0, 0.05) is 26.7 Å². The van der Waals surface area contributed by atoms with E-state index in [-0.39, 0.29) is 50.0 Å². The van der Waals surface area contributed by atoms with Gasteiger partial charge in [-0.3, -0.25) is 0 Å². The molecule has 0 radical (unpaired) electrons. The van der Waals surface area contributed by atoms with Crippen molar-refractivity contribution in [2.24, 2.45) is 5.41 Å². The fourth-order valence-electron chi connectivity index (χ4n) is 1.35. The van der Waals surface area contributed by atoms with Crippen LogP contribution in [0.2, 0.25) is 0 Å². The Morgan fingerprint density at radius 1 is 0.611 bits per heavy atom. The van der Waals surface area contributed by atoms with Crippen molar-refractivity contribution in [3.8, 4) is 0 Å². The lowest BCUT2D eigenvalue weighted by Gasteiger charge is -2.30. The van der Waals surface area contributed by atoms with Crippen LogP contribution in [0.25, 0.3) is 0 Å². The first kappa shape index (κ1) is 43.0. The summed E-state index contributed by atoms with van der Waals surface area (Å²) < 4.78 is 15.4. The van der Waals surface area contributed by atoms with E-state index in [2.05, 4.69) is 6.92 Å². The summed E-state index contributed by atoms with van der Waals surface area (Å²) in [6.45, 7) is 4.18. The molecular weight excluding hydrogens is 228 g/mol. The van der Waals surface area contributed by atoms with Crippen molar-refractivity contribution in [1.29, 1.82) is 0 Å².